The summed E-state index contributed by atoms with van der Waals surface area (Å²) in [6, 6.07) is 5.01. The summed E-state index contributed by atoms with van der Waals surface area (Å²) in [4.78, 5) is 15.2. The first-order valence-electron chi connectivity index (χ1n) is 4.95. The summed E-state index contributed by atoms with van der Waals surface area (Å²) >= 11 is 0. The van der Waals surface area contributed by atoms with E-state index < -0.39 is 5.97 Å². The summed E-state index contributed by atoms with van der Waals surface area (Å²) in [6.45, 7) is 2.22. The van der Waals surface area contributed by atoms with Crippen LogP contribution in [-0.4, -0.2) is 32.3 Å². The van der Waals surface area contributed by atoms with Crippen molar-refractivity contribution in [2.45, 2.75) is 13.5 Å². The zero-order valence-corrected chi connectivity index (χ0v) is 8.84. The predicted molar refractivity (Wildman–Crippen MR) is 58.5 cm³/mol. The minimum absolute atomic E-state index is 0.00357. The number of nitrogens with zero attached hydrogens (tertiary/aromatic N) is 2. The lowest BCUT2D eigenvalue weighted by Crippen LogP contribution is -2.04. The molecule has 0 aliphatic heterocycles. The number of carboxylic acids is 1. The number of benzene rings is 1. The van der Waals surface area contributed by atoms with Crippen molar-refractivity contribution in [3.63, 3.8) is 0 Å². The summed E-state index contributed by atoms with van der Waals surface area (Å²) in [7, 11) is 0. The van der Waals surface area contributed by atoms with Crippen molar-refractivity contribution in [1.29, 1.82) is 0 Å². The van der Waals surface area contributed by atoms with Gasteiger partial charge in [-0.25, -0.2) is 9.78 Å². The molecule has 0 amide bonds. The highest BCUT2D eigenvalue weighted by Gasteiger charge is 2.14. The van der Waals surface area contributed by atoms with E-state index in [0.717, 1.165) is 5.52 Å². The fraction of sp³-hybridized carbons (Fsp3) is 0.273. The van der Waals surface area contributed by atoms with E-state index in [0.29, 0.717) is 17.9 Å². The molecule has 0 atom stereocenters. The molecule has 5 nitrogen and oxygen atoms in total. The number of aryl methyl sites for hydroxylation is 1. The summed E-state index contributed by atoms with van der Waals surface area (Å²) in [6.07, 6.45) is 0. The molecule has 0 aliphatic carbocycles. The number of aromatic nitrogens is 2. The van der Waals surface area contributed by atoms with Crippen LogP contribution in [0.15, 0.2) is 18.2 Å². The molecule has 2 N–H and O–H groups in total. The van der Waals surface area contributed by atoms with E-state index in [4.69, 9.17) is 10.2 Å². The molecule has 2 rings (SSSR count). The maximum atomic E-state index is 11.0. The van der Waals surface area contributed by atoms with Gasteiger partial charge in [-0.1, -0.05) is 6.07 Å². The van der Waals surface area contributed by atoms with E-state index >= 15 is 0 Å². The van der Waals surface area contributed by atoms with Gasteiger partial charge in [-0.2, -0.15) is 0 Å². The Balaban J connectivity index is 2.72. The van der Waals surface area contributed by atoms with Crippen LogP contribution >= 0.6 is 0 Å². The Labute approximate surface area is 92.0 Å². The van der Waals surface area contributed by atoms with Gasteiger partial charge >= 0.3 is 5.97 Å². The Morgan fingerprint density at radius 3 is 2.88 bits per heavy atom. The van der Waals surface area contributed by atoms with Gasteiger partial charge in [0.25, 0.3) is 0 Å². The maximum absolute atomic E-state index is 11.0. The van der Waals surface area contributed by atoms with Crippen LogP contribution in [0.2, 0.25) is 0 Å². The summed E-state index contributed by atoms with van der Waals surface area (Å²) in [5, 5.41) is 17.9. The molecule has 0 saturated heterocycles. The van der Waals surface area contributed by atoms with Crippen molar-refractivity contribution in [2.75, 3.05) is 6.61 Å². The third-order valence-corrected chi connectivity index (χ3v) is 2.52. The summed E-state index contributed by atoms with van der Waals surface area (Å²) in [5.41, 5.74) is 1.41. The van der Waals surface area contributed by atoms with Gasteiger partial charge in [0.05, 0.1) is 17.7 Å². The Bertz CT molecular complexity index is 545. The lowest BCUT2D eigenvalue weighted by atomic mass is 10.2. The minimum atomic E-state index is -0.987. The van der Waals surface area contributed by atoms with Crippen LogP contribution in [0, 0.1) is 6.92 Å². The van der Waals surface area contributed by atoms with Gasteiger partial charge in [-0.05, 0) is 19.1 Å². The van der Waals surface area contributed by atoms with Crippen LogP contribution in [0.3, 0.4) is 0 Å². The van der Waals surface area contributed by atoms with Crippen LogP contribution in [0.4, 0.5) is 0 Å². The first kappa shape index (κ1) is 10.6. The average molecular weight is 220 g/mol. The average Bonchev–Trinajstić information content (AvgIpc) is 2.56. The molecule has 0 spiro atoms. The van der Waals surface area contributed by atoms with Crippen LogP contribution < -0.4 is 0 Å². The number of fused-ring (bicyclic) bond motifs is 1. The number of para-hydroxylation sites is 1. The molecule has 0 aliphatic rings. The number of carbonyl (C=O) groups is 1. The first-order valence-corrected chi connectivity index (χ1v) is 4.95. The number of hydrogen-bond donors (Lipinski definition) is 2. The lowest BCUT2D eigenvalue weighted by Gasteiger charge is -2.03. The van der Waals surface area contributed by atoms with Crippen molar-refractivity contribution in [3.05, 3.63) is 29.6 Å². The Morgan fingerprint density at radius 2 is 2.25 bits per heavy atom. The Kier molecular flexibility index (Phi) is 2.62. The van der Waals surface area contributed by atoms with Crippen molar-refractivity contribution in [1.82, 2.24) is 9.55 Å². The molecule has 2 aromatic rings. The third kappa shape index (κ3) is 1.55. The molecule has 0 saturated carbocycles. The third-order valence-electron chi connectivity index (χ3n) is 2.52. The molecule has 0 radical (unpaired) electrons. The molecular weight excluding hydrogens is 208 g/mol. The Morgan fingerprint density at radius 1 is 1.50 bits per heavy atom. The largest absolute Gasteiger partial charge is 0.478 e. The van der Waals surface area contributed by atoms with Crippen molar-refractivity contribution in [3.8, 4) is 0 Å². The van der Waals surface area contributed by atoms with Gasteiger partial charge < -0.3 is 14.8 Å². The second-order valence-electron chi connectivity index (χ2n) is 3.51. The first-order chi connectivity index (χ1) is 7.65. The van der Waals surface area contributed by atoms with E-state index in [1.165, 1.54) is 6.07 Å². The van der Waals surface area contributed by atoms with Crippen LogP contribution in [0.1, 0.15) is 16.2 Å². The van der Waals surface area contributed by atoms with Crippen LogP contribution in [0.5, 0.6) is 0 Å². The highest BCUT2D eigenvalue weighted by Crippen LogP contribution is 2.19. The van der Waals surface area contributed by atoms with E-state index in [2.05, 4.69) is 4.98 Å². The van der Waals surface area contributed by atoms with E-state index in [9.17, 15) is 4.79 Å². The fourth-order valence-corrected chi connectivity index (χ4v) is 1.82. The van der Waals surface area contributed by atoms with Crippen molar-refractivity contribution >= 4 is 17.0 Å². The Hall–Kier alpha value is -1.88. The number of aliphatic hydroxyl groups is 1. The standard InChI is InChI=1S/C11H12N2O3/c1-7-12-10-8(11(15)16)3-2-4-9(10)13(7)5-6-14/h2-4,14H,5-6H2,1H3,(H,15,16). The number of aliphatic hydroxyl groups excluding tert-OH is 1. The highest BCUT2D eigenvalue weighted by atomic mass is 16.4. The van der Waals surface area contributed by atoms with Gasteiger partial charge in [-0.15, -0.1) is 0 Å². The molecule has 5 heteroatoms. The molecular formula is C11H12N2O3. The normalized spacial score (nSPS) is 10.9. The number of carboxylic acid groups (broad SMARTS) is 1. The van der Waals surface area contributed by atoms with Crippen molar-refractivity contribution < 1.29 is 15.0 Å². The number of aromatic carboxylic acids is 1. The second kappa shape index (κ2) is 3.94. The summed E-state index contributed by atoms with van der Waals surface area (Å²) < 4.78 is 1.81. The minimum Gasteiger partial charge on any atom is -0.478 e. The highest BCUT2D eigenvalue weighted by molar-refractivity contribution is 6.01. The molecule has 1 aromatic carbocycles. The van der Waals surface area contributed by atoms with Gasteiger partial charge in [0.15, 0.2) is 0 Å². The van der Waals surface area contributed by atoms with Crippen LogP contribution in [-0.2, 0) is 6.54 Å². The molecule has 1 heterocycles. The van der Waals surface area contributed by atoms with Gasteiger partial charge in [-0.3, -0.25) is 0 Å². The van der Waals surface area contributed by atoms with E-state index in [-0.39, 0.29) is 12.2 Å². The number of imidazole rings is 1. The molecule has 1 aromatic heterocycles. The monoisotopic (exact) mass is 220 g/mol. The molecule has 16 heavy (non-hydrogen) atoms. The summed E-state index contributed by atoms with van der Waals surface area (Å²) in [5.74, 6) is -0.281. The van der Waals surface area contributed by atoms with Crippen molar-refractivity contribution in [2.24, 2.45) is 0 Å². The zero-order valence-electron chi connectivity index (χ0n) is 8.84. The van der Waals surface area contributed by atoms with Gasteiger partial charge in [0.1, 0.15) is 11.3 Å². The predicted octanol–water partition coefficient (Wildman–Crippen LogP) is 1.04. The van der Waals surface area contributed by atoms with Gasteiger partial charge in [0, 0.05) is 6.54 Å². The van der Waals surface area contributed by atoms with Crippen LogP contribution in [0.25, 0.3) is 11.0 Å². The quantitative estimate of drug-likeness (QED) is 0.810. The molecule has 0 bridgehead atoms. The number of rotatable bonds is 3. The maximum Gasteiger partial charge on any atom is 0.337 e. The SMILES string of the molecule is Cc1nc2c(C(=O)O)cccc2n1CCO. The van der Waals surface area contributed by atoms with E-state index in [1.54, 1.807) is 19.1 Å². The molecule has 0 fully saturated rings. The fourth-order valence-electron chi connectivity index (χ4n) is 1.82. The lowest BCUT2D eigenvalue weighted by molar-refractivity contribution is 0.0699. The number of hydrogen-bond acceptors (Lipinski definition) is 3. The molecule has 84 valence electrons. The molecule has 0 unspecified atom stereocenters. The second-order valence-corrected chi connectivity index (χ2v) is 3.51. The zero-order chi connectivity index (χ0) is 11.7. The van der Waals surface area contributed by atoms with Gasteiger partial charge in [0.2, 0.25) is 0 Å². The topological polar surface area (TPSA) is 75.3 Å². The smallest absolute Gasteiger partial charge is 0.337 e. The van der Waals surface area contributed by atoms with E-state index in [1.807, 2.05) is 4.57 Å².